The Kier molecular flexibility index (Phi) is 4.92. The Morgan fingerprint density at radius 3 is 2.71 bits per heavy atom. The van der Waals surface area contributed by atoms with Gasteiger partial charge >= 0.3 is 0 Å². The summed E-state index contributed by atoms with van der Waals surface area (Å²) in [6.07, 6.45) is 2.44. The summed E-state index contributed by atoms with van der Waals surface area (Å²) >= 11 is 0. The monoisotopic (exact) mass is 307 g/mol. The van der Waals surface area contributed by atoms with Crippen LogP contribution in [-0.2, 0) is 9.84 Å². The molecule has 0 spiro atoms. The zero-order valence-corrected chi connectivity index (χ0v) is 13.2. The highest BCUT2D eigenvalue weighted by atomic mass is 32.2. The second-order valence-corrected chi connectivity index (χ2v) is 7.63. The van der Waals surface area contributed by atoms with Crippen molar-refractivity contribution in [3.8, 4) is 0 Å². The lowest BCUT2D eigenvalue weighted by Crippen LogP contribution is -2.29. The Hall–Kier alpha value is -1.50. The summed E-state index contributed by atoms with van der Waals surface area (Å²) in [6, 6.07) is 9.81. The molecule has 1 aromatic heterocycles. The summed E-state index contributed by atoms with van der Waals surface area (Å²) in [5.41, 5.74) is 5.65. The topological polar surface area (TPSA) is 85.1 Å². The number of sulfone groups is 1. The number of benzene rings is 1. The first kappa shape index (κ1) is 15.9. The van der Waals surface area contributed by atoms with Crippen LogP contribution >= 0.6 is 0 Å². The maximum absolute atomic E-state index is 11.2. The third kappa shape index (κ3) is 4.23. The Morgan fingerprint density at radius 1 is 1.33 bits per heavy atom. The van der Waals surface area contributed by atoms with Gasteiger partial charge in [-0.2, -0.15) is 0 Å². The minimum absolute atomic E-state index is 0.143. The van der Waals surface area contributed by atoms with E-state index >= 15 is 0 Å². The van der Waals surface area contributed by atoms with E-state index in [1.807, 2.05) is 37.3 Å². The fraction of sp³-hybridized carbons (Fsp3) is 0.400. The molecule has 1 atom stereocenters. The number of nitrogens with two attached hydrogens (primary N) is 1. The standard InChI is InChI=1S/C15H21N3O2S/c1-11-10-15(17-13-7-4-3-6-12(11)13)14(18-16)8-5-9-21(2,19)20/h3-4,6-7,10,14,18H,5,8-9,16H2,1-2H3. The minimum atomic E-state index is -2.94. The summed E-state index contributed by atoms with van der Waals surface area (Å²) in [7, 11) is -2.94. The highest BCUT2D eigenvalue weighted by Gasteiger charge is 2.14. The van der Waals surface area contributed by atoms with E-state index in [4.69, 9.17) is 5.84 Å². The molecular formula is C15H21N3O2S. The van der Waals surface area contributed by atoms with Gasteiger partial charge in [-0.1, -0.05) is 18.2 Å². The first-order valence-electron chi connectivity index (χ1n) is 6.91. The molecule has 21 heavy (non-hydrogen) atoms. The Morgan fingerprint density at radius 2 is 2.05 bits per heavy atom. The molecule has 0 bridgehead atoms. The van der Waals surface area contributed by atoms with Crippen LogP contribution in [-0.4, -0.2) is 25.4 Å². The van der Waals surface area contributed by atoms with Crippen LogP contribution in [0.15, 0.2) is 30.3 Å². The van der Waals surface area contributed by atoms with Crippen molar-refractivity contribution in [2.75, 3.05) is 12.0 Å². The van der Waals surface area contributed by atoms with Crippen LogP contribution in [0.1, 0.15) is 30.1 Å². The number of nitrogens with one attached hydrogen (secondary N) is 1. The van der Waals surface area contributed by atoms with Crippen molar-refractivity contribution in [3.05, 3.63) is 41.6 Å². The Bertz CT molecular complexity index is 729. The predicted octanol–water partition coefficient (Wildman–Crippen LogP) is 1.87. The van der Waals surface area contributed by atoms with Gasteiger partial charge in [-0.25, -0.2) is 8.42 Å². The van der Waals surface area contributed by atoms with Crippen molar-refractivity contribution in [2.24, 2.45) is 5.84 Å². The second-order valence-electron chi connectivity index (χ2n) is 5.37. The number of hydrogen-bond donors (Lipinski definition) is 2. The molecule has 0 radical (unpaired) electrons. The maximum atomic E-state index is 11.2. The third-order valence-corrected chi connectivity index (χ3v) is 4.54. The molecule has 114 valence electrons. The van der Waals surface area contributed by atoms with Gasteiger partial charge in [-0.05, 0) is 37.5 Å². The molecular weight excluding hydrogens is 286 g/mol. The SMILES string of the molecule is Cc1cc(C(CCCS(C)(=O)=O)NN)nc2ccccc12. The molecule has 6 heteroatoms. The highest BCUT2D eigenvalue weighted by Crippen LogP contribution is 2.23. The van der Waals surface area contributed by atoms with E-state index in [9.17, 15) is 8.42 Å². The van der Waals surface area contributed by atoms with Crippen LogP contribution in [0.25, 0.3) is 10.9 Å². The molecule has 1 heterocycles. The van der Waals surface area contributed by atoms with Crippen molar-refractivity contribution in [3.63, 3.8) is 0 Å². The van der Waals surface area contributed by atoms with Gasteiger partial charge in [0, 0.05) is 17.4 Å². The van der Waals surface area contributed by atoms with Crippen molar-refractivity contribution < 1.29 is 8.42 Å². The van der Waals surface area contributed by atoms with E-state index in [2.05, 4.69) is 10.4 Å². The van der Waals surface area contributed by atoms with Gasteiger partial charge in [0.1, 0.15) is 9.84 Å². The van der Waals surface area contributed by atoms with Gasteiger partial charge in [-0.15, -0.1) is 0 Å². The van der Waals surface area contributed by atoms with E-state index in [0.29, 0.717) is 12.8 Å². The van der Waals surface area contributed by atoms with Gasteiger partial charge in [0.15, 0.2) is 0 Å². The van der Waals surface area contributed by atoms with Gasteiger partial charge in [-0.3, -0.25) is 16.3 Å². The molecule has 0 aliphatic rings. The number of hydrazine groups is 1. The number of aryl methyl sites for hydroxylation is 1. The van der Waals surface area contributed by atoms with Crippen molar-refractivity contribution >= 4 is 20.7 Å². The maximum Gasteiger partial charge on any atom is 0.147 e. The normalized spacial score (nSPS) is 13.5. The summed E-state index contributed by atoms with van der Waals surface area (Å²) in [5.74, 6) is 5.77. The first-order valence-corrected chi connectivity index (χ1v) is 8.97. The fourth-order valence-electron chi connectivity index (χ4n) is 2.42. The van der Waals surface area contributed by atoms with Crippen molar-refractivity contribution in [1.82, 2.24) is 10.4 Å². The van der Waals surface area contributed by atoms with Gasteiger partial charge < -0.3 is 0 Å². The lowest BCUT2D eigenvalue weighted by Gasteiger charge is -2.16. The first-order chi connectivity index (χ1) is 9.90. The van der Waals surface area contributed by atoms with Crippen LogP contribution in [0.3, 0.4) is 0 Å². The molecule has 0 saturated heterocycles. The molecule has 0 amide bonds. The number of pyridine rings is 1. The third-order valence-electron chi connectivity index (χ3n) is 3.51. The van der Waals surface area contributed by atoms with Gasteiger partial charge in [0.05, 0.1) is 17.3 Å². The lowest BCUT2D eigenvalue weighted by molar-refractivity contribution is 0.498. The largest absolute Gasteiger partial charge is 0.271 e. The van der Waals surface area contributed by atoms with E-state index in [1.165, 1.54) is 6.26 Å². The van der Waals surface area contributed by atoms with E-state index in [0.717, 1.165) is 22.2 Å². The minimum Gasteiger partial charge on any atom is -0.271 e. The van der Waals surface area contributed by atoms with Crippen LogP contribution in [0, 0.1) is 6.92 Å². The zero-order chi connectivity index (χ0) is 15.5. The van der Waals surface area contributed by atoms with E-state index < -0.39 is 9.84 Å². The number of rotatable bonds is 6. The zero-order valence-electron chi connectivity index (χ0n) is 12.3. The molecule has 2 aromatic rings. The van der Waals surface area contributed by atoms with Gasteiger partial charge in [0.25, 0.3) is 0 Å². The highest BCUT2D eigenvalue weighted by molar-refractivity contribution is 7.90. The predicted molar refractivity (Wildman–Crippen MR) is 85.5 cm³/mol. The summed E-state index contributed by atoms with van der Waals surface area (Å²) in [6.45, 7) is 2.04. The van der Waals surface area contributed by atoms with Crippen molar-refractivity contribution in [2.45, 2.75) is 25.8 Å². The number of aromatic nitrogens is 1. The van der Waals surface area contributed by atoms with Crippen LogP contribution in [0.4, 0.5) is 0 Å². The number of nitrogens with zero attached hydrogens (tertiary/aromatic N) is 1. The van der Waals surface area contributed by atoms with E-state index in [-0.39, 0.29) is 11.8 Å². The molecule has 2 rings (SSSR count). The average molecular weight is 307 g/mol. The molecule has 0 aliphatic carbocycles. The Balaban J connectivity index is 2.22. The number of hydrogen-bond acceptors (Lipinski definition) is 5. The smallest absolute Gasteiger partial charge is 0.147 e. The van der Waals surface area contributed by atoms with Crippen LogP contribution < -0.4 is 11.3 Å². The fourth-order valence-corrected chi connectivity index (χ4v) is 3.11. The number of para-hydroxylation sites is 1. The molecule has 3 N–H and O–H groups in total. The quantitative estimate of drug-likeness (QED) is 0.628. The average Bonchev–Trinajstić information content (AvgIpc) is 2.42. The van der Waals surface area contributed by atoms with Crippen LogP contribution in [0.5, 0.6) is 0 Å². The summed E-state index contributed by atoms with van der Waals surface area (Å²) < 4.78 is 22.4. The molecule has 5 nitrogen and oxygen atoms in total. The summed E-state index contributed by atoms with van der Waals surface area (Å²) in [5, 5.41) is 1.12. The van der Waals surface area contributed by atoms with Crippen molar-refractivity contribution in [1.29, 1.82) is 0 Å². The summed E-state index contributed by atoms with van der Waals surface area (Å²) in [4.78, 5) is 4.63. The van der Waals surface area contributed by atoms with Crippen LogP contribution in [0.2, 0.25) is 0 Å². The Labute approximate surface area is 125 Å². The second kappa shape index (κ2) is 6.51. The number of fused-ring (bicyclic) bond motifs is 1. The van der Waals surface area contributed by atoms with Gasteiger partial charge in [0.2, 0.25) is 0 Å². The molecule has 0 saturated carbocycles. The molecule has 1 unspecified atom stereocenters. The van der Waals surface area contributed by atoms with E-state index in [1.54, 1.807) is 0 Å². The molecule has 0 fully saturated rings. The lowest BCUT2D eigenvalue weighted by atomic mass is 10.0. The molecule has 0 aliphatic heterocycles. The molecule has 1 aromatic carbocycles.